The normalized spacial score (nSPS) is 14.4. The maximum Gasteiger partial charge on any atom is 0.328 e. The van der Waals surface area contributed by atoms with E-state index in [2.05, 4.69) is 0 Å². The van der Waals surface area contributed by atoms with E-state index >= 15 is 0 Å². The number of ether oxygens (including phenoxy) is 2. The van der Waals surface area contributed by atoms with Crippen LogP contribution in [0.2, 0.25) is 0 Å². The molecule has 4 heteroatoms. The zero-order chi connectivity index (χ0) is 23.6. The molecule has 0 fully saturated rings. The molecule has 1 aliphatic carbocycles. The molecule has 0 atom stereocenters. The summed E-state index contributed by atoms with van der Waals surface area (Å²) in [6, 6.07) is 28.7. The lowest BCUT2D eigenvalue weighted by Gasteiger charge is -2.27. The van der Waals surface area contributed by atoms with Crippen LogP contribution in [0, 0.1) is 5.41 Å². The maximum absolute atomic E-state index is 13.2. The Hall–Kier alpha value is -4.18. The van der Waals surface area contributed by atoms with Crippen molar-refractivity contribution in [1.82, 2.24) is 0 Å². The summed E-state index contributed by atoms with van der Waals surface area (Å²) in [5, 5.41) is 0. The van der Waals surface area contributed by atoms with E-state index in [0.29, 0.717) is 0 Å². The summed E-state index contributed by atoms with van der Waals surface area (Å²) in [4.78, 5) is 26.4. The first-order chi connectivity index (χ1) is 16.7. The monoisotopic (exact) mass is 450 g/mol. The smallest absolute Gasteiger partial charge is 0.328 e. The molecule has 0 aliphatic heterocycles. The Bertz CT molecular complexity index is 1140. The quantitative estimate of drug-likeness (QED) is 0.309. The van der Waals surface area contributed by atoms with Gasteiger partial charge in [0.05, 0.1) is 0 Å². The zero-order valence-corrected chi connectivity index (χ0v) is 18.8. The number of hydrogen-bond acceptors (Lipinski definition) is 4. The van der Waals surface area contributed by atoms with Crippen LogP contribution >= 0.6 is 0 Å². The van der Waals surface area contributed by atoms with Gasteiger partial charge in [0.2, 0.25) is 0 Å². The molecule has 0 radical (unpaired) electrons. The van der Waals surface area contributed by atoms with E-state index in [1.54, 1.807) is 12.2 Å². The van der Waals surface area contributed by atoms with Gasteiger partial charge < -0.3 is 9.47 Å². The van der Waals surface area contributed by atoms with Crippen molar-refractivity contribution in [3.63, 3.8) is 0 Å². The molecule has 34 heavy (non-hydrogen) atoms. The third kappa shape index (κ3) is 5.78. The van der Waals surface area contributed by atoms with Crippen molar-refractivity contribution in [2.75, 3.05) is 0 Å². The second kappa shape index (κ2) is 11.1. The van der Waals surface area contributed by atoms with Crippen LogP contribution in [0.15, 0.2) is 121 Å². The molecule has 3 aromatic rings. The molecule has 1 aliphatic rings. The lowest BCUT2D eigenvalue weighted by atomic mass is 9.79. The fourth-order valence-electron chi connectivity index (χ4n) is 3.62. The Morgan fingerprint density at radius 3 is 1.68 bits per heavy atom. The molecule has 0 saturated carbocycles. The van der Waals surface area contributed by atoms with Crippen LogP contribution in [0.5, 0.6) is 0 Å². The van der Waals surface area contributed by atoms with E-state index in [-0.39, 0.29) is 19.6 Å². The largest absolute Gasteiger partial charge is 0.460 e. The van der Waals surface area contributed by atoms with Crippen LogP contribution in [0.1, 0.15) is 23.1 Å². The van der Waals surface area contributed by atoms with Gasteiger partial charge in [-0.1, -0.05) is 121 Å². The standard InChI is InChI=1S/C30H26O4/c31-28(33-22-26-12-6-2-7-13-26)30(29(32)34-23-27-14-8-3-9-15-27)20-18-25(19-21-30)17-16-24-10-4-1-5-11-24/h1-20H,21-23H2/b17-16+. The predicted octanol–water partition coefficient (Wildman–Crippen LogP) is 6.06. The second-order valence-corrected chi connectivity index (χ2v) is 8.08. The minimum atomic E-state index is -1.52. The Morgan fingerprint density at radius 2 is 1.21 bits per heavy atom. The number of carbonyl (C=O) groups excluding carboxylic acids is 2. The Morgan fingerprint density at radius 1 is 0.706 bits per heavy atom. The Kier molecular flexibility index (Phi) is 7.51. The number of benzene rings is 3. The van der Waals surface area contributed by atoms with Gasteiger partial charge in [0, 0.05) is 0 Å². The third-order valence-electron chi connectivity index (χ3n) is 5.64. The summed E-state index contributed by atoms with van der Waals surface area (Å²) in [6.07, 6.45) is 9.37. The van der Waals surface area contributed by atoms with Gasteiger partial charge in [0.15, 0.2) is 5.41 Å². The minimum absolute atomic E-state index is 0.0890. The molecule has 0 amide bonds. The first-order valence-electron chi connectivity index (χ1n) is 11.2. The maximum atomic E-state index is 13.2. The van der Waals surface area contributed by atoms with Crippen LogP contribution < -0.4 is 0 Å². The Labute approximate surface area is 199 Å². The number of carbonyl (C=O) groups is 2. The van der Waals surface area contributed by atoms with Crippen molar-refractivity contribution in [3.8, 4) is 0 Å². The molecule has 0 aromatic heterocycles. The van der Waals surface area contributed by atoms with E-state index in [1.807, 2.05) is 109 Å². The first kappa shape index (κ1) is 23.0. The van der Waals surface area contributed by atoms with Crippen molar-refractivity contribution in [2.45, 2.75) is 19.6 Å². The fraction of sp³-hybridized carbons (Fsp3) is 0.133. The summed E-state index contributed by atoms with van der Waals surface area (Å²) < 4.78 is 11.1. The van der Waals surface area contributed by atoms with Crippen molar-refractivity contribution in [1.29, 1.82) is 0 Å². The third-order valence-corrected chi connectivity index (χ3v) is 5.64. The molecule has 170 valence electrons. The minimum Gasteiger partial charge on any atom is -0.460 e. The molecular formula is C30H26O4. The summed E-state index contributed by atoms with van der Waals surface area (Å²) in [5.41, 5.74) is 2.16. The second-order valence-electron chi connectivity index (χ2n) is 8.08. The van der Waals surface area contributed by atoms with E-state index in [1.165, 1.54) is 0 Å². The molecule has 3 aromatic carbocycles. The predicted molar refractivity (Wildman–Crippen MR) is 132 cm³/mol. The highest BCUT2D eigenvalue weighted by atomic mass is 16.6. The topological polar surface area (TPSA) is 52.6 Å². The molecule has 4 rings (SSSR count). The first-order valence-corrected chi connectivity index (χ1v) is 11.2. The van der Waals surface area contributed by atoms with Crippen LogP contribution in [0.3, 0.4) is 0 Å². The summed E-state index contributed by atoms with van der Waals surface area (Å²) >= 11 is 0. The van der Waals surface area contributed by atoms with E-state index in [0.717, 1.165) is 22.3 Å². The molecule has 4 nitrogen and oxygen atoms in total. The highest BCUT2D eigenvalue weighted by molar-refractivity contribution is 6.03. The summed E-state index contributed by atoms with van der Waals surface area (Å²) in [6.45, 7) is 0.178. The zero-order valence-electron chi connectivity index (χ0n) is 18.8. The van der Waals surface area contributed by atoms with Crippen molar-refractivity contribution >= 4 is 18.0 Å². The average molecular weight is 451 g/mol. The molecular weight excluding hydrogens is 424 g/mol. The van der Waals surface area contributed by atoms with Crippen LogP contribution in [0.25, 0.3) is 6.08 Å². The van der Waals surface area contributed by atoms with Gasteiger partial charge >= 0.3 is 11.9 Å². The van der Waals surface area contributed by atoms with Crippen molar-refractivity contribution in [2.24, 2.45) is 5.41 Å². The van der Waals surface area contributed by atoms with Gasteiger partial charge in [-0.15, -0.1) is 0 Å². The van der Waals surface area contributed by atoms with Gasteiger partial charge in [-0.3, -0.25) is 9.59 Å². The van der Waals surface area contributed by atoms with Gasteiger partial charge in [0.25, 0.3) is 0 Å². The molecule has 0 bridgehead atoms. The van der Waals surface area contributed by atoms with Crippen LogP contribution in [-0.4, -0.2) is 11.9 Å². The number of allylic oxidation sites excluding steroid dienone is 4. The van der Waals surface area contributed by atoms with Gasteiger partial charge in [-0.05, 0) is 28.7 Å². The molecule has 0 N–H and O–H groups in total. The van der Waals surface area contributed by atoms with E-state index < -0.39 is 17.4 Å². The van der Waals surface area contributed by atoms with Gasteiger partial charge in [-0.25, -0.2) is 0 Å². The molecule has 0 unspecified atom stereocenters. The highest BCUT2D eigenvalue weighted by Gasteiger charge is 2.47. The number of rotatable bonds is 8. The lowest BCUT2D eigenvalue weighted by Crippen LogP contribution is -2.41. The number of hydrogen-bond donors (Lipinski definition) is 0. The molecule has 0 saturated heterocycles. The van der Waals surface area contributed by atoms with Crippen LogP contribution in [-0.2, 0) is 32.3 Å². The molecule has 0 spiro atoms. The van der Waals surface area contributed by atoms with Crippen molar-refractivity contribution in [3.05, 3.63) is 138 Å². The summed E-state index contributed by atoms with van der Waals surface area (Å²) in [5.74, 6) is -1.24. The van der Waals surface area contributed by atoms with E-state index in [4.69, 9.17) is 9.47 Å². The average Bonchev–Trinajstić information content (AvgIpc) is 2.91. The van der Waals surface area contributed by atoms with E-state index in [9.17, 15) is 9.59 Å². The van der Waals surface area contributed by atoms with Crippen molar-refractivity contribution < 1.29 is 19.1 Å². The number of esters is 2. The van der Waals surface area contributed by atoms with Gasteiger partial charge in [0.1, 0.15) is 13.2 Å². The summed E-state index contributed by atoms with van der Waals surface area (Å²) in [7, 11) is 0. The Balaban J connectivity index is 1.50. The highest BCUT2D eigenvalue weighted by Crippen LogP contribution is 2.34. The SMILES string of the molecule is O=C(OCc1ccccc1)C1(C(=O)OCc2ccccc2)C=CC(/C=C/c2ccccc2)=CC1. The van der Waals surface area contributed by atoms with Gasteiger partial charge in [-0.2, -0.15) is 0 Å². The molecule has 0 heterocycles. The fourth-order valence-corrected chi connectivity index (χ4v) is 3.62. The lowest BCUT2D eigenvalue weighted by molar-refractivity contribution is -0.170. The van der Waals surface area contributed by atoms with Crippen LogP contribution in [0.4, 0.5) is 0 Å².